The van der Waals surface area contributed by atoms with Gasteiger partial charge in [-0.15, -0.1) is 0 Å². The topological polar surface area (TPSA) is 91.7 Å². The van der Waals surface area contributed by atoms with Gasteiger partial charge in [-0.2, -0.15) is 12.6 Å². The molecule has 46 valence electrons. The zero-order chi connectivity index (χ0) is 6.28. The van der Waals surface area contributed by atoms with Crippen LogP contribution in [0.3, 0.4) is 0 Å². The Bertz CT molecular complexity index is 78.4. The van der Waals surface area contributed by atoms with Gasteiger partial charge in [0.15, 0.2) is 0 Å². The predicted molar refractivity (Wildman–Crippen MR) is 29.5 cm³/mol. The molecule has 0 unspecified atom stereocenters. The van der Waals surface area contributed by atoms with Crippen molar-refractivity contribution in [2.45, 2.75) is 0 Å². The van der Waals surface area contributed by atoms with Crippen LogP contribution < -0.4 is 0 Å². The Labute approximate surface area is 73.9 Å². The van der Waals surface area contributed by atoms with E-state index in [0.29, 0.717) is 0 Å². The summed E-state index contributed by atoms with van der Waals surface area (Å²) in [5, 5.41) is 0. The van der Waals surface area contributed by atoms with E-state index in [9.17, 15) is 0 Å². The van der Waals surface area contributed by atoms with Crippen LogP contribution in [0.5, 0.6) is 0 Å². The second-order valence-electron chi connectivity index (χ2n) is 0.299. The van der Waals surface area contributed by atoms with Crippen LogP contribution in [-0.2, 0) is 22.9 Å². The van der Waals surface area contributed by atoms with Gasteiger partial charge < -0.3 is 0 Å². The molecule has 0 rings (SSSR count). The van der Waals surface area contributed by atoms with Crippen molar-refractivity contribution in [1.29, 1.82) is 0 Å². The van der Waals surface area contributed by atoms with Crippen LogP contribution in [0.2, 0.25) is 0 Å². The second-order valence-corrected chi connectivity index (χ2v) is 0.896. The van der Waals surface area contributed by atoms with Crippen LogP contribution in [0, 0.1) is 0 Å². The normalized spacial score (nSPS) is 5.88. The summed E-state index contributed by atoms with van der Waals surface area (Å²) in [6, 6.07) is 0. The van der Waals surface area contributed by atoms with E-state index in [1.54, 1.807) is 0 Å². The van der Waals surface area contributed by atoms with Crippen LogP contribution in [0.1, 0.15) is 0 Å². The summed E-state index contributed by atoms with van der Waals surface area (Å²) >= 11 is -3.36. The molecule has 0 fully saturated rings. The SMILES string of the molecule is O=S(O)O.O=S=O.[NaH]. The van der Waals surface area contributed by atoms with Crippen molar-refractivity contribution in [3.05, 3.63) is 0 Å². The monoisotopic (exact) mass is 170 g/mol. The van der Waals surface area contributed by atoms with Gasteiger partial charge in [0.25, 0.3) is 11.4 Å². The first-order chi connectivity index (χ1) is 3.15. The molecule has 0 amide bonds. The summed E-state index contributed by atoms with van der Waals surface area (Å²) in [7, 11) is 0. The van der Waals surface area contributed by atoms with Gasteiger partial charge in [0.05, 0.1) is 0 Å². The molecule has 0 heterocycles. The summed E-state index contributed by atoms with van der Waals surface area (Å²) in [5.74, 6) is 0. The van der Waals surface area contributed by atoms with Gasteiger partial charge in [0.2, 0.25) is 0 Å². The average Bonchev–Trinajstić information content (AvgIpc) is 1.33. The number of rotatable bonds is 0. The fraction of sp³-hybridized carbons (Fsp3) is 0. The van der Waals surface area contributed by atoms with Gasteiger partial charge in [-0.05, 0) is 0 Å². The van der Waals surface area contributed by atoms with Gasteiger partial charge in [0.1, 0.15) is 0 Å². The third kappa shape index (κ3) is 302. The van der Waals surface area contributed by atoms with Crippen molar-refractivity contribution in [2.75, 3.05) is 0 Å². The Hall–Kier alpha value is 0.890. The Morgan fingerprint density at radius 1 is 1.25 bits per heavy atom. The Kier molecular flexibility index (Phi) is 31.2. The minimum atomic E-state index is -2.61. The molecule has 0 saturated carbocycles. The van der Waals surface area contributed by atoms with E-state index in [1.165, 1.54) is 0 Å². The fourth-order valence-corrected chi connectivity index (χ4v) is 0. The quantitative estimate of drug-likeness (QED) is 0.336. The molecule has 0 atom stereocenters. The molecular formula is H3NaO5S2. The first kappa shape index (κ1) is 16.0. The van der Waals surface area contributed by atoms with E-state index >= 15 is 0 Å². The van der Waals surface area contributed by atoms with Crippen molar-refractivity contribution in [3.8, 4) is 0 Å². The van der Waals surface area contributed by atoms with E-state index in [1.807, 2.05) is 0 Å². The molecule has 2 N–H and O–H groups in total. The van der Waals surface area contributed by atoms with Gasteiger partial charge in [-0.1, -0.05) is 0 Å². The van der Waals surface area contributed by atoms with Gasteiger partial charge in [-0.25, -0.2) is 0 Å². The van der Waals surface area contributed by atoms with E-state index in [4.69, 9.17) is 21.7 Å². The molecule has 0 spiro atoms. The summed E-state index contributed by atoms with van der Waals surface area (Å²) in [6.45, 7) is 0. The standard InChI is InChI=1S/Na.H2O3S.O2S.H/c;1-4(2)3;1-3-2;/h;(H2,1,2,3);;. The van der Waals surface area contributed by atoms with Gasteiger partial charge >= 0.3 is 41.1 Å². The third-order valence-corrected chi connectivity index (χ3v) is 0. The number of hydrogen-bond acceptors (Lipinski definition) is 3. The van der Waals surface area contributed by atoms with Crippen molar-refractivity contribution in [3.63, 3.8) is 0 Å². The van der Waals surface area contributed by atoms with Crippen LogP contribution in [0.4, 0.5) is 0 Å². The molecule has 0 aromatic carbocycles. The summed E-state index contributed by atoms with van der Waals surface area (Å²) in [4.78, 5) is 0. The summed E-state index contributed by atoms with van der Waals surface area (Å²) in [6.07, 6.45) is 0. The van der Waals surface area contributed by atoms with Crippen molar-refractivity contribution in [2.24, 2.45) is 0 Å². The Balaban J connectivity index is -0.0000000575. The van der Waals surface area contributed by atoms with Crippen LogP contribution in [-0.4, -0.2) is 51.3 Å². The molecule has 0 saturated heterocycles. The van der Waals surface area contributed by atoms with Gasteiger partial charge in [-0.3, -0.25) is 9.11 Å². The van der Waals surface area contributed by atoms with Crippen LogP contribution >= 0.6 is 0 Å². The third-order valence-electron chi connectivity index (χ3n) is 0. The molecular weight excluding hydrogens is 167 g/mol. The molecule has 0 aromatic rings. The van der Waals surface area contributed by atoms with Crippen LogP contribution in [0.15, 0.2) is 0 Å². The molecule has 0 bridgehead atoms. The average molecular weight is 170 g/mol. The van der Waals surface area contributed by atoms with E-state index < -0.39 is 22.9 Å². The second kappa shape index (κ2) is 15.7. The summed E-state index contributed by atoms with van der Waals surface area (Å²) in [5.41, 5.74) is 0. The Morgan fingerprint density at radius 2 is 1.25 bits per heavy atom. The van der Waals surface area contributed by atoms with Crippen molar-refractivity contribution >= 4 is 52.5 Å². The molecule has 0 aromatic heterocycles. The Morgan fingerprint density at radius 3 is 1.25 bits per heavy atom. The molecule has 8 heavy (non-hydrogen) atoms. The maximum atomic E-state index is 8.67. The molecule has 8 heteroatoms. The van der Waals surface area contributed by atoms with Gasteiger partial charge in [0, 0.05) is 0 Å². The maximum absolute atomic E-state index is 8.67. The van der Waals surface area contributed by atoms with E-state index in [0.717, 1.165) is 0 Å². The van der Waals surface area contributed by atoms with Crippen molar-refractivity contribution in [1.82, 2.24) is 0 Å². The molecule has 0 radical (unpaired) electrons. The zero-order valence-electron chi connectivity index (χ0n) is 2.94. The molecule has 5 nitrogen and oxygen atoms in total. The number of hydrogen-bond donors (Lipinski definition) is 2. The molecule has 0 aliphatic carbocycles. The fourth-order valence-electron chi connectivity index (χ4n) is 0. The zero-order valence-corrected chi connectivity index (χ0v) is 4.57. The minimum absolute atomic E-state index is 0. The molecule has 0 aliphatic rings. The summed E-state index contributed by atoms with van der Waals surface area (Å²) < 4.78 is 39.4. The predicted octanol–water partition coefficient (Wildman–Crippen LogP) is -1.64. The first-order valence-electron chi connectivity index (χ1n) is 0.865. The first-order valence-corrected chi connectivity index (χ1v) is 2.60. The molecule has 0 aliphatic heterocycles. The van der Waals surface area contributed by atoms with E-state index in [2.05, 4.69) is 0 Å². The van der Waals surface area contributed by atoms with Crippen molar-refractivity contribution < 1.29 is 21.7 Å². The van der Waals surface area contributed by atoms with E-state index in [-0.39, 0.29) is 29.6 Å². The van der Waals surface area contributed by atoms with Crippen LogP contribution in [0.25, 0.3) is 0 Å².